The van der Waals surface area contributed by atoms with Crippen molar-refractivity contribution in [2.45, 2.75) is 0 Å². The Kier molecular flexibility index (Phi) is 2.45. The first kappa shape index (κ1) is 9.39. The van der Waals surface area contributed by atoms with E-state index in [2.05, 4.69) is 9.97 Å². The zero-order chi connectivity index (χ0) is 10.7. The van der Waals surface area contributed by atoms with Crippen molar-refractivity contribution >= 4 is 5.69 Å². The van der Waals surface area contributed by atoms with E-state index in [-0.39, 0.29) is 5.75 Å². The number of hydrogen-bond donors (Lipinski definition) is 1. The predicted molar refractivity (Wildman–Crippen MR) is 52.9 cm³/mol. The molecule has 0 aliphatic heterocycles. The molecule has 0 aliphatic carbocycles. The summed E-state index contributed by atoms with van der Waals surface area (Å²) in [4.78, 5) is 7.56. The maximum atomic E-state index is 12.9. The van der Waals surface area contributed by atoms with Crippen LogP contribution in [-0.4, -0.2) is 9.97 Å². The fourth-order valence-electron chi connectivity index (χ4n) is 1.05. The lowest BCUT2D eigenvalue weighted by Gasteiger charge is -2.06. The van der Waals surface area contributed by atoms with Crippen LogP contribution in [0.15, 0.2) is 36.8 Å². The lowest BCUT2D eigenvalue weighted by Crippen LogP contribution is -1.94. The molecule has 0 fully saturated rings. The molecule has 76 valence electrons. The van der Waals surface area contributed by atoms with Crippen molar-refractivity contribution in [3.8, 4) is 11.6 Å². The molecule has 1 heterocycles. The van der Waals surface area contributed by atoms with Crippen LogP contribution in [0.1, 0.15) is 0 Å². The maximum Gasteiger partial charge on any atom is 0.222 e. The highest BCUT2D eigenvalue weighted by atomic mass is 19.1. The fourth-order valence-corrected chi connectivity index (χ4v) is 1.05. The van der Waals surface area contributed by atoms with Crippen LogP contribution < -0.4 is 10.5 Å². The van der Waals surface area contributed by atoms with Gasteiger partial charge in [0.15, 0.2) is 5.75 Å². The second kappa shape index (κ2) is 3.91. The first-order valence-corrected chi connectivity index (χ1v) is 4.24. The van der Waals surface area contributed by atoms with Crippen molar-refractivity contribution in [1.29, 1.82) is 0 Å². The van der Waals surface area contributed by atoms with Crippen LogP contribution in [0.2, 0.25) is 0 Å². The number of rotatable bonds is 2. The van der Waals surface area contributed by atoms with Gasteiger partial charge in [0.05, 0.1) is 5.69 Å². The van der Waals surface area contributed by atoms with Gasteiger partial charge in [0.1, 0.15) is 12.1 Å². The van der Waals surface area contributed by atoms with Crippen molar-refractivity contribution in [2.75, 3.05) is 5.73 Å². The van der Waals surface area contributed by atoms with Crippen molar-refractivity contribution in [1.82, 2.24) is 9.97 Å². The highest BCUT2D eigenvalue weighted by Crippen LogP contribution is 2.26. The van der Waals surface area contributed by atoms with Crippen LogP contribution in [0.5, 0.6) is 11.6 Å². The number of nitrogens with two attached hydrogens (primary N) is 1. The third-order valence-corrected chi connectivity index (χ3v) is 1.74. The van der Waals surface area contributed by atoms with Gasteiger partial charge < -0.3 is 10.5 Å². The molecule has 0 spiro atoms. The van der Waals surface area contributed by atoms with Crippen molar-refractivity contribution < 1.29 is 9.13 Å². The lowest BCUT2D eigenvalue weighted by molar-refractivity contribution is 0.459. The number of benzene rings is 1. The number of anilines is 1. The number of nitrogen functional groups attached to an aromatic ring is 1. The van der Waals surface area contributed by atoms with Crippen molar-refractivity contribution in [3.63, 3.8) is 0 Å². The molecule has 0 saturated heterocycles. The van der Waals surface area contributed by atoms with Gasteiger partial charge in [-0.25, -0.2) is 14.4 Å². The minimum Gasteiger partial charge on any atom is -0.437 e. The second-order valence-corrected chi connectivity index (χ2v) is 2.83. The SMILES string of the molecule is Nc1ccc(F)cc1Oc1ccncn1. The van der Waals surface area contributed by atoms with Gasteiger partial charge in [-0.3, -0.25) is 0 Å². The Balaban J connectivity index is 2.28. The van der Waals surface area contributed by atoms with Gasteiger partial charge >= 0.3 is 0 Å². The average molecular weight is 205 g/mol. The van der Waals surface area contributed by atoms with E-state index >= 15 is 0 Å². The molecule has 5 heteroatoms. The number of nitrogens with zero attached hydrogens (tertiary/aromatic N) is 2. The smallest absolute Gasteiger partial charge is 0.222 e. The van der Waals surface area contributed by atoms with E-state index in [1.54, 1.807) is 6.07 Å². The summed E-state index contributed by atoms with van der Waals surface area (Å²) in [6, 6.07) is 5.47. The molecular weight excluding hydrogens is 197 g/mol. The van der Waals surface area contributed by atoms with E-state index in [1.165, 1.54) is 30.7 Å². The third-order valence-electron chi connectivity index (χ3n) is 1.74. The Labute approximate surface area is 85.5 Å². The molecule has 15 heavy (non-hydrogen) atoms. The zero-order valence-electron chi connectivity index (χ0n) is 7.72. The largest absolute Gasteiger partial charge is 0.437 e. The van der Waals surface area contributed by atoms with Crippen LogP contribution >= 0.6 is 0 Å². The number of hydrogen-bond acceptors (Lipinski definition) is 4. The number of aromatic nitrogens is 2. The van der Waals surface area contributed by atoms with E-state index in [0.29, 0.717) is 11.6 Å². The summed E-state index contributed by atoms with van der Waals surface area (Å²) in [5.41, 5.74) is 5.96. The highest BCUT2D eigenvalue weighted by Gasteiger charge is 2.04. The van der Waals surface area contributed by atoms with Gasteiger partial charge in [0, 0.05) is 18.3 Å². The molecule has 1 aromatic carbocycles. The molecule has 2 aromatic rings. The predicted octanol–water partition coefficient (Wildman–Crippen LogP) is 1.99. The van der Waals surface area contributed by atoms with E-state index in [9.17, 15) is 4.39 Å². The Hall–Kier alpha value is -2.17. The van der Waals surface area contributed by atoms with Crippen LogP contribution in [0, 0.1) is 5.82 Å². The fraction of sp³-hybridized carbons (Fsp3) is 0. The highest BCUT2D eigenvalue weighted by molar-refractivity contribution is 5.53. The molecule has 2 N–H and O–H groups in total. The van der Waals surface area contributed by atoms with Gasteiger partial charge in [-0.1, -0.05) is 0 Å². The molecule has 0 unspecified atom stereocenters. The number of ether oxygens (including phenoxy) is 1. The molecule has 2 rings (SSSR count). The summed E-state index contributed by atoms with van der Waals surface area (Å²) in [6.45, 7) is 0. The van der Waals surface area contributed by atoms with Crippen LogP contribution in [0.4, 0.5) is 10.1 Å². The molecule has 0 amide bonds. The molecule has 0 saturated carbocycles. The van der Waals surface area contributed by atoms with Gasteiger partial charge in [-0.2, -0.15) is 0 Å². The minimum atomic E-state index is -0.409. The summed E-state index contributed by atoms with van der Waals surface area (Å²) in [5, 5.41) is 0. The number of halogens is 1. The summed E-state index contributed by atoms with van der Waals surface area (Å²) in [5.74, 6) is 0.157. The molecular formula is C10H8FN3O. The van der Waals surface area contributed by atoms with Crippen LogP contribution in [-0.2, 0) is 0 Å². The first-order chi connectivity index (χ1) is 7.25. The molecule has 0 bridgehead atoms. The summed E-state index contributed by atoms with van der Waals surface area (Å²) < 4.78 is 18.2. The maximum absolute atomic E-state index is 12.9. The monoisotopic (exact) mass is 205 g/mol. The van der Waals surface area contributed by atoms with Gasteiger partial charge in [0.25, 0.3) is 0 Å². The van der Waals surface area contributed by atoms with Crippen molar-refractivity contribution in [3.05, 3.63) is 42.6 Å². The quantitative estimate of drug-likeness (QED) is 0.761. The summed E-state index contributed by atoms with van der Waals surface area (Å²) >= 11 is 0. The van der Waals surface area contributed by atoms with Gasteiger partial charge in [-0.15, -0.1) is 0 Å². The third kappa shape index (κ3) is 2.19. The van der Waals surface area contributed by atoms with Crippen LogP contribution in [0.3, 0.4) is 0 Å². The summed E-state index contributed by atoms with van der Waals surface area (Å²) in [7, 11) is 0. The van der Waals surface area contributed by atoms with Crippen molar-refractivity contribution in [2.24, 2.45) is 0 Å². The normalized spacial score (nSPS) is 9.93. The van der Waals surface area contributed by atoms with E-state index in [0.717, 1.165) is 0 Å². The van der Waals surface area contributed by atoms with Gasteiger partial charge in [-0.05, 0) is 12.1 Å². The molecule has 0 radical (unpaired) electrons. The van der Waals surface area contributed by atoms with Crippen LogP contribution in [0.25, 0.3) is 0 Å². The lowest BCUT2D eigenvalue weighted by atomic mass is 10.3. The summed E-state index contributed by atoms with van der Waals surface area (Å²) in [6.07, 6.45) is 2.86. The molecule has 4 nitrogen and oxygen atoms in total. The zero-order valence-corrected chi connectivity index (χ0v) is 7.72. The molecule has 1 aromatic heterocycles. The Morgan fingerprint density at radius 2 is 2.13 bits per heavy atom. The van der Waals surface area contributed by atoms with E-state index < -0.39 is 5.82 Å². The Morgan fingerprint density at radius 1 is 1.27 bits per heavy atom. The average Bonchev–Trinajstić information content (AvgIpc) is 2.25. The topological polar surface area (TPSA) is 61.0 Å². The second-order valence-electron chi connectivity index (χ2n) is 2.83. The minimum absolute atomic E-state index is 0.244. The van der Waals surface area contributed by atoms with E-state index in [4.69, 9.17) is 10.5 Å². The Bertz CT molecular complexity index is 461. The molecule has 0 atom stereocenters. The van der Waals surface area contributed by atoms with E-state index in [1.807, 2.05) is 0 Å². The van der Waals surface area contributed by atoms with Gasteiger partial charge in [0.2, 0.25) is 5.88 Å². The standard InChI is InChI=1S/C10H8FN3O/c11-7-1-2-8(12)9(5-7)15-10-3-4-13-6-14-10/h1-6H,12H2. The Morgan fingerprint density at radius 3 is 2.87 bits per heavy atom. The first-order valence-electron chi connectivity index (χ1n) is 4.24. The molecule has 0 aliphatic rings.